The smallest absolute Gasteiger partial charge is 0.310 e. The molecular formula is C10H17N3O2S. The zero-order valence-corrected chi connectivity index (χ0v) is 10.4. The Hall–Kier alpha value is -1.22. The van der Waals surface area contributed by atoms with Crippen LogP contribution >= 0.6 is 11.8 Å². The molecule has 0 rings (SSSR count). The van der Waals surface area contributed by atoms with Gasteiger partial charge in [-0.1, -0.05) is 6.92 Å². The number of amides is 2. The van der Waals surface area contributed by atoms with Gasteiger partial charge in [0.15, 0.2) is 0 Å². The van der Waals surface area contributed by atoms with Gasteiger partial charge in [-0.15, -0.1) is 0 Å². The number of rotatable bonds is 6. The van der Waals surface area contributed by atoms with E-state index in [2.05, 4.69) is 17.6 Å². The van der Waals surface area contributed by atoms with Crippen molar-refractivity contribution in [2.45, 2.75) is 26.3 Å². The second kappa shape index (κ2) is 9.04. The molecule has 90 valence electrons. The highest BCUT2D eigenvalue weighted by Crippen LogP contribution is 2.03. The van der Waals surface area contributed by atoms with Crippen LogP contribution in [-0.4, -0.2) is 35.9 Å². The summed E-state index contributed by atoms with van der Waals surface area (Å²) in [5.41, 5.74) is 0. The van der Waals surface area contributed by atoms with Gasteiger partial charge in [0.2, 0.25) is 0 Å². The quantitative estimate of drug-likeness (QED) is 0.399. The summed E-state index contributed by atoms with van der Waals surface area (Å²) in [4.78, 5) is 22.3. The van der Waals surface area contributed by atoms with Crippen molar-refractivity contribution in [1.29, 1.82) is 5.26 Å². The zero-order chi connectivity index (χ0) is 12.4. The molecule has 0 aliphatic heterocycles. The Morgan fingerprint density at radius 3 is 2.69 bits per heavy atom. The second-order valence-electron chi connectivity index (χ2n) is 3.20. The first kappa shape index (κ1) is 14.8. The van der Waals surface area contributed by atoms with Crippen LogP contribution in [0.2, 0.25) is 0 Å². The number of carbonyl (C=O) groups is 2. The summed E-state index contributed by atoms with van der Waals surface area (Å²) in [7, 11) is 0. The summed E-state index contributed by atoms with van der Waals surface area (Å²) in [6.45, 7) is 3.78. The topological polar surface area (TPSA) is 82.0 Å². The van der Waals surface area contributed by atoms with E-state index in [4.69, 9.17) is 5.26 Å². The molecule has 0 heterocycles. The molecule has 0 bridgehead atoms. The Morgan fingerprint density at radius 2 is 2.12 bits per heavy atom. The van der Waals surface area contributed by atoms with E-state index in [1.165, 1.54) is 0 Å². The highest BCUT2D eigenvalue weighted by atomic mass is 32.2. The highest BCUT2D eigenvalue weighted by Gasteiger charge is 2.14. The van der Waals surface area contributed by atoms with Crippen LogP contribution in [0.15, 0.2) is 0 Å². The van der Waals surface area contributed by atoms with Crippen molar-refractivity contribution in [3.05, 3.63) is 0 Å². The molecule has 0 aliphatic rings. The summed E-state index contributed by atoms with van der Waals surface area (Å²) < 4.78 is 0. The number of nitrogens with one attached hydrogen (secondary N) is 2. The molecule has 2 amide bonds. The SMILES string of the molecule is CCSCCC(C)NC(=O)C(=O)NCC#N. The first-order valence-corrected chi connectivity index (χ1v) is 6.30. The van der Waals surface area contributed by atoms with Crippen LogP contribution in [0.3, 0.4) is 0 Å². The molecule has 6 heteroatoms. The molecular weight excluding hydrogens is 226 g/mol. The molecule has 5 nitrogen and oxygen atoms in total. The summed E-state index contributed by atoms with van der Waals surface area (Å²) in [5.74, 6) is 0.571. The molecule has 1 atom stereocenters. The average molecular weight is 243 g/mol. The fourth-order valence-electron chi connectivity index (χ4n) is 0.966. The molecule has 0 radical (unpaired) electrons. The minimum absolute atomic E-state index is 0.0283. The molecule has 0 aliphatic carbocycles. The maximum atomic E-state index is 11.3. The number of thioether (sulfide) groups is 1. The lowest BCUT2D eigenvalue weighted by molar-refractivity contribution is -0.139. The van der Waals surface area contributed by atoms with Gasteiger partial charge in [-0.2, -0.15) is 17.0 Å². The van der Waals surface area contributed by atoms with Gasteiger partial charge in [0, 0.05) is 6.04 Å². The molecule has 0 aromatic heterocycles. The molecule has 16 heavy (non-hydrogen) atoms. The van der Waals surface area contributed by atoms with E-state index < -0.39 is 11.8 Å². The Morgan fingerprint density at radius 1 is 1.44 bits per heavy atom. The molecule has 0 saturated heterocycles. The number of nitrogens with zero attached hydrogens (tertiary/aromatic N) is 1. The van der Waals surface area contributed by atoms with Gasteiger partial charge in [0.1, 0.15) is 6.54 Å². The molecule has 0 spiro atoms. The van der Waals surface area contributed by atoms with Crippen molar-refractivity contribution in [3.8, 4) is 6.07 Å². The first-order chi connectivity index (χ1) is 7.61. The third kappa shape index (κ3) is 7.12. The first-order valence-electron chi connectivity index (χ1n) is 5.15. The second-order valence-corrected chi connectivity index (χ2v) is 4.59. The largest absolute Gasteiger partial charge is 0.345 e. The van der Waals surface area contributed by atoms with Crippen molar-refractivity contribution in [3.63, 3.8) is 0 Å². The molecule has 0 saturated carbocycles. The van der Waals surface area contributed by atoms with Crippen molar-refractivity contribution < 1.29 is 9.59 Å². The summed E-state index contributed by atoms with van der Waals surface area (Å²) >= 11 is 1.79. The van der Waals surface area contributed by atoms with Crippen LogP contribution < -0.4 is 10.6 Å². The van der Waals surface area contributed by atoms with E-state index in [9.17, 15) is 9.59 Å². The van der Waals surface area contributed by atoms with Crippen LogP contribution in [-0.2, 0) is 9.59 Å². The van der Waals surface area contributed by atoms with Crippen LogP contribution in [0.5, 0.6) is 0 Å². The van der Waals surface area contributed by atoms with E-state index in [1.54, 1.807) is 17.8 Å². The predicted octanol–water partition coefficient (Wildman–Crippen LogP) is 0.274. The van der Waals surface area contributed by atoms with E-state index >= 15 is 0 Å². The average Bonchev–Trinajstić information content (AvgIpc) is 2.26. The maximum absolute atomic E-state index is 11.3. The number of hydrogen-bond donors (Lipinski definition) is 2. The summed E-state index contributed by atoms with van der Waals surface area (Å²) in [6, 6.07) is 1.71. The van der Waals surface area contributed by atoms with Gasteiger partial charge >= 0.3 is 11.8 Å². The third-order valence-corrected chi connectivity index (χ3v) is 2.74. The van der Waals surface area contributed by atoms with Crippen molar-refractivity contribution in [2.24, 2.45) is 0 Å². The minimum Gasteiger partial charge on any atom is -0.345 e. The van der Waals surface area contributed by atoms with Crippen molar-refractivity contribution in [2.75, 3.05) is 18.1 Å². The molecule has 2 N–H and O–H groups in total. The Bertz CT molecular complexity index is 276. The lowest BCUT2D eigenvalue weighted by Gasteiger charge is -2.12. The van der Waals surface area contributed by atoms with E-state index in [1.807, 2.05) is 6.92 Å². The summed E-state index contributed by atoms with van der Waals surface area (Å²) in [6.07, 6.45) is 0.829. The Kier molecular flexibility index (Phi) is 8.35. The van der Waals surface area contributed by atoms with Gasteiger partial charge in [0.05, 0.1) is 6.07 Å². The number of nitriles is 1. The van der Waals surface area contributed by atoms with Crippen LogP contribution in [0.1, 0.15) is 20.3 Å². The molecule has 0 aromatic carbocycles. The van der Waals surface area contributed by atoms with E-state index in [0.717, 1.165) is 17.9 Å². The van der Waals surface area contributed by atoms with Crippen molar-refractivity contribution in [1.82, 2.24) is 10.6 Å². The molecule has 1 unspecified atom stereocenters. The van der Waals surface area contributed by atoms with Gasteiger partial charge in [-0.25, -0.2) is 0 Å². The van der Waals surface area contributed by atoms with Crippen molar-refractivity contribution >= 4 is 23.6 Å². The van der Waals surface area contributed by atoms with Crippen LogP contribution in [0.4, 0.5) is 0 Å². The molecule has 0 aromatic rings. The highest BCUT2D eigenvalue weighted by molar-refractivity contribution is 7.99. The lowest BCUT2D eigenvalue weighted by Crippen LogP contribution is -2.43. The number of hydrogen-bond acceptors (Lipinski definition) is 4. The number of carbonyl (C=O) groups excluding carboxylic acids is 2. The van der Waals surface area contributed by atoms with Gasteiger partial charge < -0.3 is 10.6 Å². The van der Waals surface area contributed by atoms with Gasteiger partial charge in [-0.3, -0.25) is 9.59 Å². The molecule has 0 fully saturated rings. The van der Waals surface area contributed by atoms with Crippen LogP contribution in [0, 0.1) is 11.3 Å². The summed E-state index contributed by atoms with van der Waals surface area (Å²) in [5, 5.41) is 13.0. The predicted molar refractivity (Wildman–Crippen MR) is 63.8 cm³/mol. The van der Waals surface area contributed by atoms with Crippen LogP contribution in [0.25, 0.3) is 0 Å². The third-order valence-electron chi connectivity index (χ3n) is 1.81. The maximum Gasteiger partial charge on any atom is 0.310 e. The minimum atomic E-state index is -0.753. The Balaban J connectivity index is 3.77. The van der Waals surface area contributed by atoms with Gasteiger partial charge in [0.25, 0.3) is 0 Å². The lowest BCUT2D eigenvalue weighted by atomic mass is 10.2. The van der Waals surface area contributed by atoms with E-state index in [-0.39, 0.29) is 12.6 Å². The Labute approximate surface area is 100.0 Å². The fraction of sp³-hybridized carbons (Fsp3) is 0.700. The normalized spacial score (nSPS) is 11.3. The monoisotopic (exact) mass is 243 g/mol. The zero-order valence-electron chi connectivity index (χ0n) is 9.58. The van der Waals surface area contributed by atoms with Gasteiger partial charge in [-0.05, 0) is 24.9 Å². The standard InChI is InChI=1S/C10H17N3O2S/c1-3-16-7-4-8(2)13-10(15)9(14)12-6-5-11/h8H,3-4,6-7H2,1-2H3,(H,12,14)(H,13,15). The van der Waals surface area contributed by atoms with E-state index in [0.29, 0.717) is 0 Å². The fourth-order valence-corrected chi connectivity index (χ4v) is 1.77.